The molecule has 0 fully saturated rings. The lowest BCUT2D eigenvalue weighted by Gasteiger charge is -2.08. The van der Waals surface area contributed by atoms with Gasteiger partial charge in [-0.2, -0.15) is 0 Å². The fraction of sp³-hybridized carbons (Fsp3) is 0.125. The molecule has 0 unspecified atom stereocenters. The van der Waals surface area contributed by atoms with E-state index in [1.165, 1.54) is 38.1 Å². The number of benzene rings is 2. The summed E-state index contributed by atoms with van der Waals surface area (Å²) in [5.41, 5.74) is 0.695. The average molecular weight is 299 g/mol. The number of rotatable bonds is 0. The van der Waals surface area contributed by atoms with Crippen molar-refractivity contribution in [1.82, 2.24) is 4.98 Å². The number of hydrogen-bond acceptors (Lipinski definition) is 6. The van der Waals surface area contributed by atoms with Gasteiger partial charge >= 0.3 is 0 Å². The van der Waals surface area contributed by atoms with E-state index in [1.54, 1.807) is 0 Å². The Kier molecular flexibility index (Phi) is 3.02. The maximum atomic E-state index is 11.4. The molecule has 0 radical (unpaired) electrons. The molecule has 0 spiro atoms. The number of fused-ring (bicyclic) bond motifs is 2. The molecule has 0 aromatic heterocycles. The van der Waals surface area contributed by atoms with Crippen molar-refractivity contribution in [3.8, 4) is 17.2 Å². The van der Waals surface area contributed by atoms with Crippen LogP contribution in [0.1, 0.15) is 13.8 Å². The molecule has 0 saturated heterocycles. The predicted molar refractivity (Wildman–Crippen MR) is 81.2 cm³/mol. The summed E-state index contributed by atoms with van der Waals surface area (Å²) in [6.45, 7) is 2.82. The first-order valence-electron chi connectivity index (χ1n) is 6.55. The Balaban J connectivity index is 2.68. The summed E-state index contributed by atoms with van der Waals surface area (Å²) in [6, 6.07) is 5.46. The SMILES string of the molecule is CC(O)=c1c(O)cc2oc3cc(=O)ccc-3nc2c1=C(C)O. The van der Waals surface area contributed by atoms with Crippen LogP contribution in [-0.2, 0) is 0 Å². The lowest BCUT2D eigenvalue weighted by molar-refractivity contribution is 0.453. The molecule has 6 heteroatoms. The Morgan fingerprint density at radius 2 is 1.77 bits per heavy atom. The number of phenols is 1. The normalized spacial score (nSPS) is 14.3. The summed E-state index contributed by atoms with van der Waals surface area (Å²) in [5.74, 6) is -0.246. The zero-order chi connectivity index (χ0) is 16.0. The maximum absolute atomic E-state index is 11.4. The van der Waals surface area contributed by atoms with E-state index in [4.69, 9.17) is 4.42 Å². The molecular formula is C16H13NO5. The van der Waals surface area contributed by atoms with Gasteiger partial charge in [0.2, 0.25) is 0 Å². The Labute approximate surface area is 124 Å². The van der Waals surface area contributed by atoms with Gasteiger partial charge in [-0.05, 0) is 26.0 Å². The van der Waals surface area contributed by atoms with E-state index in [0.717, 1.165) is 0 Å². The molecule has 3 rings (SSSR count). The van der Waals surface area contributed by atoms with Crippen molar-refractivity contribution in [1.29, 1.82) is 0 Å². The quantitative estimate of drug-likeness (QED) is 0.542. The molecule has 0 bridgehead atoms. The molecule has 112 valence electrons. The molecule has 0 atom stereocenters. The number of aliphatic hydroxyl groups is 2. The summed E-state index contributed by atoms with van der Waals surface area (Å²) in [4.78, 5) is 15.8. The minimum atomic E-state index is -0.251. The van der Waals surface area contributed by atoms with Crippen molar-refractivity contribution in [2.75, 3.05) is 0 Å². The molecule has 1 aliphatic carbocycles. The number of nitrogens with zero attached hydrogens (tertiary/aromatic N) is 1. The van der Waals surface area contributed by atoms with Gasteiger partial charge in [-0.25, -0.2) is 4.98 Å². The third-order valence-corrected chi connectivity index (χ3v) is 3.35. The molecule has 1 aromatic carbocycles. The van der Waals surface area contributed by atoms with Crippen molar-refractivity contribution in [2.24, 2.45) is 0 Å². The van der Waals surface area contributed by atoms with E-state index in [1.807, 2.05) is 0 Å². The Bertz CT molecular complexity index is 1040. The Morgan fingerprint density at radius 3 is 2.41 bits per heavy atom. The first-order valence-corrected chi connectivity index (χ1v) is 6.55. The van der Waals surface area contributed by atoms with Gasteiger partial charge in [-0.1, -0.05) is 0 Å². The first kappa shape index (κ1) is 13.9. The lowest BCUT2D eigenvalue weighted by atomic mass is 10.1. The van der Waals surface area contributed by atoms with E-state index in [-0.39, 0.29) is 50.0 Å². The zero-order valence-electron chi connectivity index (χ0n) is 11.9. The summed E-state index contributed by atoms with van der Waals surface area (Å²) >= 11 is 0. The van der Waals surface area contributed by atoms with Gasteiger partial charge in [0.1, 0.15) is 22.7 Å². The lowest BCUT2D eigenvalue weighted by Crippen LogP contribution is -2.30. The molecule has 1 heterocycles. The molecule has 1 aliphatic heterocycles. The van der Waals surface area contributed by atoms with E-state index < -0.39 is 0 Å². The second-order valence-electron chi connectivity index (χ2n) is 5.01. The van der Waals surface area contributed by atoms with Crippen LogP contribution in [0.3, 0.4) is 0 Å². The summed E-state index contributed by atoms with van der Waals surface area (Å²) in [6.07, 6.45) is 0. The fourth-order valence-electron chi connectivity index (χ4n) is 2.45. The second-order valence-corrected chi connectivity index (χ2v) is 5.01. The van der Waals surface area contributed by atoms with Crippen molar-refractivity contribution in [3.63, 3.8) is 0 Å². The van der Waals surface area contributed by atoms with E-state index in [9.17, 15) is 20.1 Å². The van der Waals surface area contributed by atoms with Crippen molar-refractivity contribution >= 4 is 22.6 Å². The first-order chi connectivity index (χ1) is 10.4. The third-order valence-electron chi connectivity index (χ3n) is 3.35. The van der Waals surface area contributed by atoms with E-state index in [2.05, 4.69) is 4.98 Å². The van der Waals surface area contributed by atoms with Crippen LogP contribution in [-0.4, -0.2) is 20.3 Å². The average Bonchev–Trinajstić information content (AvgIpc) is 2.43. The standard InChI is InChI=1S/C16H13NO5/c1-7(18)14-11(21)6-13-16(15(14)8(2)19)17-10-4-3-9(20)5-12(10)22-13/h3-6,18-19,21H,1-2H3. The molecule has 0 amide bonds. The zero-order valence-corrected chi connectivity index (χ0v) is 11.9. The van der Waals surface area contributed by atoms with Gasteiger partial charge in [0.05, 0.1) is 16.2 Å². The van der Waals surface area contributed by atoms with Crippen LogP contribution in [0.15, 0.2) is 33.5 Å². The summed E-state index contributed by atoms with van der Waals surface area (Å²) in [5, 5.41) is 30.1. The number of aliphatic hydroxyl groups excluding tert-OH is 2. The van der Waals surface area contributed by atoms with Crippen molar-refractivity contribution in [3.05, 3.63) is 44.9 Å². The summed E-state index contributed by atoms with van der Waals surface area (Å²) in [7, 11) is 0. The monoisotopic (exact) mass is 299 g/mol. The number of phenolic OH excluding ortho intramolecular Hbond substituents is 1. The predicted octanol–water partition coefficient (Wildman–Crippen LogP) is 1.37. The van der Waals surface area contributed by atoms with Crippen LogP contribution >= 0.6 is 0 Å². The second kappa shape index (κ2) is 4.77. The number of hydrogen-bond donors (Lipinski definition) is 3. The Hall–Kier alpha value is -3.02. The van der Waals surface area contributed by atoms with Crippen LogP contribution in [0.2, 0.25) is 0 Å². The maximum Gasteiger partial charge on any atom is 0.182 e. The largest absolute Gasteiger partial charge is 0.512 e. The van der Waals surface area contributed by atoms with Gasteiger partial charge in [0.25, 0.3) is 0 Å². The number of aromatic hydroxyl groups is 1. The molecule has 22 heavy (non-hydrogen) atoms. The van der Waals surface area contributed by atoms with Crippen molar-refractivity contribution in [2.45, 2.75) is 13.8 Å². The van der Waals surface area contributed by atoms with Gasteiger partial charge in [-0.3, -0.25) is 4.79 Å². The molecule has 2 aliphatic rings. The molecule has 1 aromatic rings. The van der Waals surface area contributed by atoms with Gasteiger partial charge in [-0.15, -0.1) is 0 Å². The highest BCUT2D eigenvalue weighted by molar-refractivity contribution is 5.80. The minimum Gasteiger partial charge on any atom is -0.512 e. The highest BCUT2D eigenvalue weighted by Gasteiger charge is 2.14. The number of aromatic nitrogens is 1. The van der Waals surface area contributed by atoms with Crippen LogP contribution in [0.5, 0.6) is 5.75 Å². The smallest absolute Gasteiger partial charge is 0.182 e. The van der Waals surface area contributed by atoms with Gasteiger partial charge in [0.15, 0.2) is 16.8 Å². The minimum absolute atomic E-state index is 0.0926. The van der Waals surface area contributed by atoms with Crippen LogP contribution in [0, 0.1) is 0 Å². The van der Waals surface area contributed by atoms with Crippen LogP contribution in [0.25, 0.3) is 34.1 Å². The van der Waals surface area contributed by atoms with Crippen LogP contribution in [0.4, 0.5) is 0 Å². The molecule has 0 saturated carbocycles. The van der Waals surface area contributed by atoms with Gasteiger partial charge < -0.3 is 19.7 Å². The topological polar surface area (TPSA) is 104 Å². The Morgan fingerprint density at radius 1 is 1.09 bits per heavy atom. The van der Waals surface area contributed by atoms with E-state index >= 15 is 0 Å². The highest BCUT2D eigenvalue weighted by Crippen LogP contribution is 2.23. The van der Waals surface area contributed by atoms with Crippen molar-refractivity contribution < 1.29 is 19.7 Å². The van der Waals surface area contributed by atoms with E-state index in [0.29, 0.717) is 5.69 Å². The van der Waals surface area contributed by atoms with Crippen LogP contribution < -0.4 is 15.9 Å². The third kappa shape index (κ3) is 2.05. The van der Waals surface area contributed by atoms with Gasteiger partial charge in [0, 0.05) is 12.1 Å². The molecule has 3 N–H and O–H groups in total. The molecule has 6 nitrogen and oxygen atoms in total. The summed E-state index contributed by atoms with van der Waals surface area (Å²) < 4.78 is 5.60. The highest BCUT2D eigenvalue weighted by atomic mass is 16.3. The molecular weight excluding hydrogens is 286 g/mol. The fourth-order valence-corrected chi connectivity index (χ4v) is 2.45.